The van der Waals surface area contributed by atoms with E-state index >= 15 is 0 Å². The van der Waals surface area contributed by atoms with E-state index in [-0.39, 0.29) is 11.8 Å². The minimum absolute atomic E-state index is 0.0324. The van der Waals surface area contributed by atoms with Gasteiger partial charge in [-0.3, -0.25) is 9.59 Å². The van der Waals surface area contributed by atoms with Gasteiger partial charge in [-0.05, 0) is 78.4 Å². The molecule has 1 heterocycles. The standard InChI is InChI=1S/C28H26N4O2/c1-19-5-6-23(28(34)30-24-11-12-24)16-26(19)21-7-9-22(10-8-21)27(33)31-25-4-2-3-20(15-25)17-32-14-13-29-18-32/h2-10,13-16,18,24H,11-12,17H2,1H3,(H,30,34)(H,31,33). The first-order valence-electron chi connectivity index (χ1n) is 11.4. The number of benzene rings is 3. The van der Waals surface area contributed by atoms with Crippen molar-refractivity contribution in [1.82, 2.24) is 14.9 Å². The van der Waals surface area contributed by atoms with Gasteiger partial charge in [-0.15, -0.1) is 0 Å². The Bertz CT molecular complexity index is 1320. The summed E-state index contributed by atoms with van der Waals surface area (Å²) in [6.45, 7) is 2.71. The summed E-state index contributed by atoms with van der Waals surface area (Å²) in [7, 11) is 0. The molecule has 1 saturated carbocycles. The molecule has 0 saturated heterocycles. The summed E-state index contributed by atoms with van der Waals surface area (Å²) in [5.41, 5.74) is 6.09. The second-order valence-corrected chi connectivity index (χ2v) is 8.74. The van der Waals surface area contributed by atoms with E-state index in [1.165, 1.54) is 0 Å². The molecule has 3 aromatic carbocycles. The number of aryl methyl sites for hydroxylation is 1. The molecule has 1 fully saturated rings. The van der Waals surface area contributed by atoms with Crippen molar-refractivity contribution in [2.45, 2.75) is 32.4 Å². The predicted octanol–water partition coefficient (Wildman–Crippen LogP) is 5.05. The van der Waals surface area contributed by atoms with Gasteiger partial charge in [-0.25, -0.2) is 4.98 Å². The summed E-state index contributed by atoms with van der Waals surface area (Å²) < 4.78 is 1.98. The van der Waals surface area contributed by atoms with Crippen molar-refractivity contribution in [3.05, 3.63) is 108 Å². The fraction of sp³-hybridized carbons (Fsp3) is 0.179. The quantitative estimate of drug-likeness (QED) is 0.414. The molecule has 0 unspecified atom stereocenters. The van der Waals surface area contributed by atoms with Crippen molar-refractivity contribution in [2.75, 3.05) is 5.32 Å². The number of amides is 2. The number of carbonyl (C=O) groups excluding carboxylic acids is 2. The van der Waals surface area contributed by atoms with Crippen LogP contribution in [0.5, 0.6) is 0 Å². The molecule has 1 aromatic heterocycles. The van der Waals surface area contributed by atoms with Crippen molar-refractivity contribution in [1.29, 1.82) is 0 Å². The summed E-state index contributed by atoms with van der Waals surface area (Å²) in [4.78, 5) is 29.3. The molecule has 0 spiro atoms. The number of nitrogens with zero attached hydrogens (tertiary/aromatic N) is 2. The molecule has 0 aliphatic heterocycles. The average Bonchev–Trinajstić information content (AvgIpc) is 3.51. The zero-order valence-corrected chi connectivity index (χ0v) is 19.0. The Kier molecular flexibility index (Phi) is 5.95. The maximum atomic E-state index is 12.8. The Morgan fingerprint density at radius 3 is 2.50 bits per heavy atom. The molecule has 5 rings (SSSR count). The smallest absolute Gasteiger partial charge is 0.255 e. The van der Waals surface area contributed by atoms with Crippen LogP contribution in [0.25, 0.3) is 11.1 Å². The summed E-state index contributed by atoms with van der Waals surface area (Å²) in [5.74, 6) is -0.198. The van der Waals surface area contributed by atoms with Crippen LogP contribution in [0, 0.1) is 6.92 Å². The highest BCUT2D eigenvalue weighted by atomic mass is 16.2. The van der Waals surface area contributed by atoms with Crippen LogP contribution in [0.15, 0.2) is 85.5 Å². The van der Waals surface area contributed by atoms with Crippen molar-refractivity contribution >= 4 is 17.5 Å². The highest BCUT2D eigenvalue weighted by Crippen LogP contribution is 2.26. The fourth-order valence-electron chi connectivity index (χ4n) is 3.91. The zero-order chi connectivity index (χ0) is 23.5. The van der Waals surface area contributed by atoms with Crippen molar-refractivity contribution in [3.63, 3.8) is 0 Å². The van der Waals surface area contributed by atoms with Crippen LogP contribution in [-0.4, -0.2) is 27.4 Å². The Morgan fingerprint density at radius 2 is 1.76 bits per heavy atom. The maximum Gasteiger partial charge on any atom is 0.255 e. The van der Waals surface area contributed by atoms with Gasteiger partial charge >= 0.3 is 0 Å². The second-order valence-electron chi connectivity index (χ2n) is 8.74. The number of nitrogens with one attached hydrogen (secondary N) is 2. The van der Waals surface area contributed by atoms with Crippen molar-refractivity contribution < 1.29 is 9.59 Å². The summed E-state index contributed by atoms with van der Waals surface area (Å²) in [6, 6.07) is 21.4. The Labute approximate surface area is 198 Å². The van der Waals surface area contributed by atoms with Gasteiger partial charge in [0.15, 0.2) is 0 Å². The van der Waals surface area contributed by atoms with Gasteiger partial charge in [0.2, 0.25) is 0 Å². The third-order valence-corrected chi connectivity index (χ3v) is 5.98. The van der Waals surface area contributed by atoms with Crippen LogP contribution in [0.1, 0.15) is 44.7 Å². The largest absolute Gasteiger partial charge is 0.349 e. The van der Waals surface area contributed by atoms with Crippen molar-refractivity contribution in [3.8, 4) is 11.1 Å². The number of rotatable bonds is 7. The molecule has 2 N–H and O–H groups in total. The molecule has 6 heteroatoms. The molecular weight excluding hydrogens is 424 g/mol. The number of aromatic nitrogens is 2. The Hall–Kier alpha value is -4.19. The lowest BCUT2D eigenvalue weighted by Gasteiger charge is -2.11. The van der Waals surface area contributed by atoms with E-state index in [0.29, 0.717) is 23.7 Å². The molecule has 170 valence electrons. The van der Waals surface area contributed by atoms with E-state index in [1.54, 1.807) is 12.5 Å². The second kappa shape index (κ2) is 9.35. The monoisotopic (exact) mass is 450 g/mol. The SMILES string of the molecule is Cc1ccc(C(=O)NC2CC2)cc1-c1ccc(C(=O)Nc2cccc(Cn3ccnc3)c2)cc1. The molecule has 34 heavy (non-hydrogen) atoms. The van der Waals surface area contributed by atoms with Gasteiger partial charge in [0, 0.05) is 41.8 Å². The number of anilines is 1. The predicted molar refractivity (Wildman–Crippen MR) is 133 cm³/mol. The van der Waals surface area contributed by atoms with E-state index < -0.39 is 0 Å². The highest BCUT2D eigenvalue weighted by Gasteiger charge is 2.24. The molecule has 4 aromatic rings. The molecule has 0 bridgehead atoms. The van der Waals surface area contributed by atoms with Crippen LogP contribution in [0.2, 0.25) is 0 Å². The minimum Gasteiger partial charge on any atom is -0.349 e. The lowest BCUT2D eigenvalue weighted by atomic mass is 9.97. The van der Waals surface area contributed by atoms with Gasteiger partial charge in [0.05, 0.1) is 6.33 Å². The third-order valence-electron chi connectivity index (χ3n) is 5.98. The van der Waals surface area contributed by atoms with E-state index in [4.69, 9.17) is 0 Å². The number of hydrogen-bond donors (Lipinski definition) is 2. The number of hydrogen-bond acceptors (Lipinski definition) is 3. The van der Waals surface area contributed by atoms with E-state index in [2.05, 4.69) is 15.6 Å². The van der Waals surface area contributed by atoms with E-state index in [1.807, 2.05) is 84.4 Å². The highest BCUT2D eigenvalue weighted by molar-refractivity contribution is 6.04. The van der Waals surface area contributed by atoms with E-state index in [0.717, 1.165) is 40.8 Å². The molecule has 0 radical (unpaired) electrons. The normalized spacial score (nSPS) is 12.9. The van der Waals surface area contributed by atoms with Crippen LogP contribution in [0.3, 0.4) is 0 Å². The maximum absolute atomic E-state index is 12.8. The number of carbonyl (C=O) groups is 2. The first-order valence-corrected chi connectivity index (χ1v) is 11.4. The number of imidazole rings is 1. The van der Waals surface area contributed by atoms with E-state index in [9.17, 15) is 9.59 Å². The molecule has 1 aliphatic rings. The third kappa shape index (κ3) is 5.07. The first-order chi connectivity index (χ1) is 16.5. The van der Waals surface area contributed by atoms with Gasteiger partial charge < -0.3 is 15.2 Å². The first kappa shape index (κ1) is 21.6. The lowest BCUT2D eigenvalue weighted by Crippen LogP contribution is -2.25. The molecular formula is C28H26N4O2. The summed E-state index contributed by atoms with van der Waals surface area (Å²) >= 11 is 0. The molecule has 0 atom stereocenters. The summed E-state index contributed by atoms with van der Waals surface area (Å²) in [6.07, 6.45) is 7.54. The lowest BCUT2D eigenvalue weighted by molar-refractivity contribution is 0.0950. The van der Waals surface area contributed by atoms with Gasteiger partial charge in [0.25, 0.3) is 11.8 Å². The van der Waals surface area contributed by atoms with Crippen molar-refractivity contribution in [2.24, 2.45) is 0 Å². The zero-order valence-electron chi connectivity index (χ0n) is 19.0. The topological polar surface area (TPSA) is 76.0 Å². The van der Waals surface area contributed by atoms with Gasteiger partial charge in [0.1, 0.15) is 0 Å². The molecule has 6 nitrogen and oxygen atoms in total. The average molecular weight is 451 g/mol. The van der Waals surface area contributed by atoms with Crippen LogP contribution in [0.4, 0.5) is 5.69 Å². The van der Waals surface area contributed by atoms with Crippen LogP contribution in [-0.2, 0) is 6.54 Å². The van der Waals surface area contributed by atoms with Crippen LogP contribution >= 0.6 is 0 Å². The summed E-state index contributed by atoms with van der Waals surface area (Å²) in [5, 5.41) is 6.02. The fourth-order valence-corrected chi connectivity index (χ4v) is 3.91. The Balaban J connectivity index is 1.29. The van der Waals surface area contributed by atoms with Crippen LogP contribution < -0.4 is 10.6 Å². The molecule has 1 aliphatic carbocycles. The van der Waals surface area contributed by atoms with Gasteiger partial charge in [-0.1, -0.05) is 30.3 Å². The Morgan fingerprint density at radius 1 is 0.971 bits per heavy atom. The van der Waals surface area contributed by atoms with Gasteiger partial charge in [-0.2, -0.15) is 0 Å². The molecule has 2 amide bonds. The minimum atomic E-state index is -0.166.